The number of rotatable bonds is 4. The van der Waals surface area contributed by atoms with Crippen LogP contribution in [0.4, 0.5) is 14.5 Å². The first-order valence-electron chi connectivity index (χ1n) is 8.29. The molecule has 8 heteroatoms. The molecule has 0 bridgehead atoms. The van der Waals surface area contributed by atoms with E-state index in [1.54, 1.807) is 4.90 Å². The maximum Gasteiger partial charge on any atom is 0.267 e. The zero-order valence-corrected chi connectivity index (χ0v) is 14.9. The summed E-state index contributed by atoms with van der Waals surface area (Å²) in [4.78, 5) is 15.2. The van der Waals surface area contributed by atoms with Crippen LogP contribution in [0.5, 0.6) is 0 Å². The van der Waals surface area contributed by atoms with Gasteiger partial charge in [0.2, 0.25) is 0 Å². The fourth-order valence-corrected chi connectivity index (χ4v) is 3.76. The van der Waals surface area contributed by atoms with E-state index in [0.29, 0.717) is 23.7 Å². The molecule has 2 aromatic rings. The predicted molar refractivity (Wildman–Crippen MR) is 92.9 cm³/mol. The number of hydrogen-bond acceptors (Lipinski definition) is 5. The summed E-state index contributed by atoms with van der Waals surface area (Å²) in [6, 6.07) is 3.73. The van der Waals surface area contributed by atoms with Crippen molar-refractivity contribution >= 4 is 23.1 Å². The highest BCUT2D eigenvalue weighted by molar-refractivity contribution is 7.08. The fraction of sp³-hybridized carbons (Fsp3) is 0.471. The zero-order valence-electron chi connectivity index (χ0n) is 14.1. The summed E-state index contributed by atoms with van der Waals surface area (Å²) in [5.74, 6) is -1.68. The molecule has 25 heavy (non-hydrogen) atoms. The van der Waals surface area contributed by atoms with Gasteiger partial charge in [0, 0.05) is 30.9 Å². The maximum atomic E-state index is 13.4. The molecule has 1 fully saturated rings. The summed E-state index contributed by atoms with van der Waals surface area (Å²) in [6.07, 6.45) is 1.71. The van der Waals surface area contributed by atoms with Crippen LogP contribution in [0.2, 0.25) is 0 Å². The van der Waals surface area contributed by atoms with Gasteiger partial charge in [0.1, 0.15) is 4.88 Å². The van der Waals surface area contributed by atoms with Crippen molar-refractivity contribution in [3.63, 3.8) is 0 Å². The summed E-state index contributed by atoms with van der Waals surface area (Å²) < 4.78 is 30.3. The van der Waals surface area contributed by atoms with E-state index in [2.05, 4.69) is 14.9 Å². The van der Waals surface area contributed by atoms with Crippen molar-refractivity contribution in [2.45, 2.75) is 38.6 Å². The first-order valence-corrected chi connectivity index (χ1v) is 9.06. The number of aromatic nitrogens is 2. The third-order valence-corrected chi connectivity index (χ3v) is 4.98. The number of anilines is 1. The summed E-state index contributed by atoms with van der Waals surface area (Å²) in [6.45, 7) is 5.14. The molecule has 0 saturated carbocycles. The van der Waals surface area contributed by atoms with Gasteiger partial charge in [-0.15, -0.1) is 5.10 Å². The quantitative estimate of drug-likeness (QED) is 0.897. The van der Waals surface area contributed by atoms with Crippen LogP contribution in [0.25, 0.3) is 0 Å². The number of nitrogens with one attached hydrogen (secondary N) is 1. The molecule has 2 heterocycles. The summed E-state index contributed by atoms with van der Waals surface area (Å²) in [7, 11) is 0. The van der Waals surface area contributed by atoms with Gasteiger partial charge in [-0.05, 0) is 42.4 Å². The standard InChI is InChI=1S/C17H20F2N4OS/c1-10(2)15-16(25-22-21-15)17(24)23-7-3-4-12(9-23)20-11-5-6-13(18)14(19)8-11/h5-6,8,10,12,20H,3-4,7,9H2,1-2H3. The van der Waals surface area contributed by atoms with E-state index in [-0.39, 0.29) is 17.9 Å². The van der Waals surface area contributed by atoms with Crippen LogP contribution in [0.3, 0.4) is 0 Å². The minimum absolute atomic E-state index is 0.00839. The van der Waals surface area contributed by atoms with Crippen LogP contribution in [-0.4, -0.2) is 39.5 Å². The molecule has 0 radical (unpaired) electrons. The minimum Gasteiger partial charge on any atom is -0.380 e. The number of halogens is 2. The summed E-state index contributed by atoms with van der Waals surface area (Å²) in [5.41, 5.74) is 1.24. The molecule has 1 unspecified atom stereocenters. The number of nitrogens with zero attached hydrogens (tertiary/aromatic N) is 3. The number of benzene rings is 1. The molecule has 5 nitrogen and oxygen atoms in total. The Balaban J connectivity index is 1.69. The summed E-state index contributed by atoms with van der Waals surface area (Å²) in [5, 5.41) is 7.25. The predicted octanol–water partition coefficient (Wildman–Crippen LogP) is 3.66. The van der Waals surface area contributed by atoms with Crippen LogP contribution in [0, 0.1) is 11.6 Å². The van der Waals surface area contributed by atoms with Crippen LogP contribution in [0.15, 0.2) is 18.2 Å². The van der Waals surface area contributed by atoms with Crippen molar-refractivity contribution in [1.29, 1.82) is 0 Å². The van der Waals surface area contributed by atoms with Gasteiger partial charge in [-0.3, -0.25) is 4.79 Å². The van der Waals surface area contributed by atoms with Gasteiger partial charge in [0.15, 0.2) is 11.6 Å². The first kappa shape index (κ1) is 17.7. The summed E-state index contributed by atoms with van der Waals surface area (Å²) >= 11 is 1.12. The topological polar surface area (TPSA) is 58.1 Å². The van der Waals surface area contributed by atoms with Gasteiger partial charge in [-0.1, -0.05) is 18.3 Å². The Morgan fingerprint density at radius 2 is 2.16 bits per heavy atom. The molecule has 134 valence electrons. The number of carbonyl (C=O) groups excluding carboxylic acids is 1. The Kier molecular flexibility index (Phi) is 5.27. The molecule has 1 amide bonds. The van der Waals surface area contributed by atoms with E-state index in [9.17, 15) is 13.6 Å². The monoisotopic (exact) mass is 366 g/mol. The highest BCUT2D eigenvalue weighted by atomic mass is 32.1. The number of hydrogen-bond donors (Lipinski definition) is 1. The van der Waals surface area contributed by atoms with Crippen molar-refractivity contribution in [2.75, 3.05) is 18.4 Å². The smallest absolute Gasteiger partial charge is 0.267 e. The lowest BCUT2D eigenvalue weighted by atomic mass is 10.0. The van der Waals surface area contributed by atoms with E-state index in [4.69, 9.17) is 0 Å². The number of piperidine rings is 1. The van der Waals surface area contributed by atoms with Crippen molar-refractivity contribution in [2.24, 2.45) is 0 Å². The average Bonchev–Trinajstić information content (AvgIpc) is 3.08. The third kappa shape index (κ3) is 3.95. The molecule has 1 N–H and O–H groups in total. The number of amides is 1. The second-order valence-corrected chi connectivity index (χ2v) is 7.26. The molecular formula is C17H20F2N4OS. The molecular weight excluding hydrogens is 346 g/mol. The van der Waals surface area contributed by atoms with Gasteiger partial charge in [0.25, 0.3) is 5.91 Å². The number of likely N-dealkylation sites (tertiary alicyclic amines) is 1. The number of carbonyl (C=O) groups is 1. The maximum absolute atomic E-state index is 13.4. The first-order chi connectivity index (χ1) is 12.0. The third-order valence-electron chi connectivity index (χ3n) is 4.25. The molecule has 1 aromatic carbocycles. The van der Waals surface area contributed by atoms with Gasteiger partial charge < -0.3 is 10.2 Å². The molecule has 1 aromatic heterocycles. The van der Waals surface area contributed by atoms with Crippen molar-refractivity contribution in [3.05, 3.63) is 40.4 Å². The Hall–Kier alpha value is -2.09. The lowest BCUT2D eigenvalue weighted by Gasteiger charge is -2.33. The van der Waals surface area contributed by atoms with Crippen molar-refractivity contribution in [1.82, 2.24) is 14.5 Å². The fourth-order valence-electron chi connectivity index (χ4n) is 2.97. The van der Waals surface area contributed by atoms with Gasteiger partial charge in [-0.2, -0.15) is 0 Å². The Labute approximate surface area is 149 Å². The van der Waals surface area contributed by atoms with E-state index in [0.717, 1.165) is 42.2 Å². The second-order valence-electron chi connectivity index (χ2n) is 6.51. The molecule has 1 atom stereocenters. The Morgan fingerprint density at radius 3 is 2.88 bits per heavy atom. The molecule has 0 aliphatic carbocycles. The van der Waals surface area contributed by atoms with Crippen LogP contribution < -0.4 is 5.32 Å². The minimum atomic E-state index is -0.883. The van der Waals surface area contributed by atoms with Gasteiger partial charge >= 0.3 is 0 Å². The second kappa shape index (κ2) is 7.43. The van der Waals surface area contributed by atoms with Gasteiger partial charge in [0.05, 0.1) is 5.69 Å². The lowest BCUT2D eigenvalue weighted by molar-refractivity contribution is 0.0718. The van der Waals surface area contributed by atoms with E-state index < -0.39 is 11.6 Å². The Morgan fingerprint density at radius 1 is 1.36 bits per heavy atom. The van der Waals surface area contributed by atoms with E-state index >= 15 is 0 Å². The van der Waals surface area contributed by atoms with Crippen molar-refractivity contribution in [3.8, 4) is 0 Å². The Bertz CT molecular complexity index is 765. The average molecular weight is 366 g/mol. The van der Waals surface area contributed by atoms with E-state index in [1.165, 1.54) is 6.07 Å². The molecule has 0 spiro atoms. The molecule has 1 aliphatic heterocycles. The SMILES string of the molecule is CC(C)c1nnsc1C(=O)N1CCCC(Nc2ccc(F)c(F)c2)C1. The van der Waals surface area contributed by atoms with Crippen LogP contribution in [-0.2, 0) is 0 Å². The van der Waals surface area contributed by atoms with Crippen molar-refractivity contribution < 1.29 is 13.6 Å². The highest BCUT2D eigenvalue weighted by Gasteiger charge is 2.28. The van der Waals surface area contributed by atoms with Crippen LogP contribution >= 0.6 is 11.5 Å². The molecule has 1 saturated heterocycles. The normalized spacial score (nSPS) is 17.8. The lowest BCUT2D eigenvalue weighted by Crippen LogP contribution is -2.45. The van der Waals surface area contributed by atoms with Crippen LogP contribution in [0.1, 0.15) is 48.0 Å². The highest BCUT2D eigenvalue weighted by Crippen LogP contribution is 2.24. The largest absolute Gasteiger partial charge is 0.380 e. The van der Waals surface area contributed by atoms with E-state index in [1.807, 2.05) is 13.8 Å². The molecule has 1 aliphatic rings. The molecule has 3 rings (SSSR count). The van der Waals surface area contributed by atoms with Gasteiger partial charge in [-0.25, -0.2) is 8.78 Å². The zero-order chi connectivity index (χ0) is 18.0.